The highest BCUT2D eigenvalue weighted by molar-refractivity contribution is 7.89. The van der Waals surface area contributed by atoms with Gasteiger partial charge in [0.15, 0.2) is 0 Å². The summed E-state index contributed by atoms with van der Waals surface area (Å²) >= 11 is 0. The van der Waals surface area contributed by atoms with E-state index in [1.807, 2.05) is 18.7 Å². The van der Waals surface area contributed by atoms with Crippen molar-refractivity contribution < 1.29 is 17.9 Å². The topological polar surface area (TPSA) is 93.9 Å². The summed E-state index contributed by atoms with van der Waals surface area (Å²) in [5.74, 6) is 0.528. The number of piperidine rings is 1. The average molecular weight is 449 g/mol. The standard InChI is InChI=1S/C22H32N4O4S/c1-17(2)21(15-23)24-11-13-25(14-12-24)22(27)18-5-4-10-26(16-18)31(28,29)20-8-6-19(30-3)7-9-20/h6-9,17-18,21H,4-5,10-14,16H2,1-3H3. The maximum absolute atomic E-state index is 13.1. The minimum atomic E-state index is -3.65. The number of amides is 1. The van der Waals surface area contributed by atoms with E-state index in [-0.39, 0.29) is 35.2 Å². The Morgan fingerprint density at radius 3 is 2.32 bits per heavy atom. The van der Waals surface area contributed by atoms with E-state index in [1.165, 1.54) is 11.4 Å². The quantitative estimate of drug-likeness (QED) is 0.659. The van der Waals surface area contributed by atoms with Gasteiger partial charge in [0.1, 0.15) is 11.8 Å². The number of rotatable bonds is 6. The molecule has 8 nitrogen and oxygen atoms in total. The Morgan fingerprint density at radius 2 is 1.77 bits per heavy atom. The van der Waals surface area contributed by atoms with Crippen molar-refractivity contribution in [3.05, 3.63) is 24.3 Å². The van der Waals surface area contributed by atoms with Crippen molar-refractivity contribution in [2.24, 2.45) is 11.8 Å². The molecule has 1 aromatic carbocycles. The van der Waals surface area contributed by atoms with Crippen LogP contribution in [0.15, 0.2) is 29.2 Å². The summed E-state index contributed by atoms with van der Waals surface area (Å²) in [6, 6.07) is 8.56. The van der Waals surface area contributed by atoms with Crippen molar-refractivity contribution in [2.45, 2.75) is 37.6 Å². The molecule has 0 N–H and O–H groups in total. The molecule has 2 aliphatic heterocycles. The van der Waals surface area contributed by atoms with Crippen molar-refractivity contribution in [2.75, 3.05) is 46.4 Å². The SMILES string of the molecule is COc1ccc(S(=O)(=O)N2CCCC(C(=O)N3CCN(C(C#N)C(C)C)CC3)C2)cc1. The number of nitriles is 1. The number of hydrogen-bond acceptors (Lipinski definition) is 6. The van der Waals surface area contributed by atoms with Gasteiger partial charge in [0.25, 0.3) is 0 Å². The lowest BCUT2D eigenvalue weighted by Crippen LogP contribution is -2.55. The number of sulfonamides is 1. The zero-order chi connectivity index (χ0) is 22.6. The van der Waals surface area contributed by atoms with Gasteiger partial charge in [-0.3, -0.25) is 9.69 Å². The van der Waals surface area contributed by atoms with E-state index >= 15 is 0 Å². The number of methoxy groups -OCH3 is 1. The van der Waals surface area contributed by atoms with E-state index in [4.69, 9.17) is 4.74 Å². The Bertz CT molecular complexity index is 902. The molecule has 0 bridgehead atoms. The van der Waals surface area contributed by atoms with E-state index in [2.05, 4.69) is 11.0 Å². The summed E-state index contributed by atoms with van der Waals surface area (Å²) in [5.41, 5.74) is 0. The van der Waals surface area contributed by atoms with E-state index in [0.29, 0.717) is 51.3 Å². The van der Waals surface area contributed by atoms with E-state index in [0.717, 1.165) is 0 Å². The predicted octanol–water partition coefficient (Wildman–Crippen LogP) is 1.79. The zero-order valence-electron chi connectivity index (χ0n) is 18.5. The van der Waals surface area contributed by atoms with Crippen molar-refractivity contribution in [1.29, 1.82) is 5.26 Å². The highest BCUT2D eigenvalue weighted by Gasteiger charge is 2.36. The highest BCUT2D eigenvalue weighted by Crippen LogP contribution is 2.26. The maximum Gasteiger partial charge on any atom is 0.243 e. The Morgan fingerprint density at radius 1 is 1.13 bits per heavy atom. The Labute approximate surface area is 185 Å². The number of piperazine rings is 1. The second-order valence-corrected chi connectivity index (χ2v) is 10.5. The van der Waals surface area contributed by atoms with Crippen LogP contribution in [0.2, 0.25) is 0 Å². The Hall–Kier alpha value is -2.15. The van der Waals surface area contributed by atoms with Gasteiger partial charge in [-0.25, -0.2) is 8.42 Å². The molecule has 3 rings (SSSR count). The fourth-order valence-corrected chi connectivity index (χ4v) is 5.91. The van der Waals surface area contributed by atoms with Gasteiger partial charge in [-0.1, -0.05) is 13.8 Å². The van der Waals surface area contributed by atoms with Crippen LogP contribution in [0, 0.1) is 23.2 Å². The average Bonchev–Trinajstić information content (AvgIpc) is 2.79. The summed E-state index contributed by atoms with van der Waals surface area (Å²) in [7, 11) is -2.12. The largest absolute Gasteiger partial charge is 0.497 e. The van der Waals surface area contributed by atoms with Crippen LogP contribution in [0.1, 0.15) is 26.7 Å². The van der Waals surface area contributed by atoms with Gasteiger partial charge in [0.2, 0.25) is 15.9 Å². The fraction of sp³-hybridized carbons (Fsp3) is 0.636. The van der Waals surface area contributed by atoms with Crippen LogP contribution in [0.4, 0.5) is 0 Å². The third-order valence-electron chi connectivity index (χ3n) is 6.21. The van der Waals surface area contributed by atoms with Gasteiger partial charge in [-0.2, -0.15) is 9.57 Å². The van der Waals surface area contributed by atoms with Gasteiger partial charge in [0, 0.05) is 39.3 Å². The van der Waals surface area contributed by atoms with E-state index in [9.17, 15) is 18.5 Å². The lowest BCUT2D eigenvalue weighted by Gasteiger charge is -2.40. The summed E-state index contributed by atoms with van der Waals surface area (Å²) < 4.78 is 32.7. The molecule has 2 atom stereocenters. The van der Waals surface area contributed by atoms with Crippen molar-refractivity contribution >= 4 is 15.9 Å². The van der Waals surface area contributed by atoms with Crippen LogP contribution in [-0.2, 0) is 14.8 Å². The molecule has 2 unspecified atom stereocenters. The van der Waals surface area contributed by atoms with Gasteiger partial charge in [0.05, 0.1) is 24.0 Å². The highest BCUT2D eigenvalue weighted by atomic mass is 32.2. The fourth-order valence-electron chi connectivity index (χ4n) is 4.39. The van der Waals surface area contributed by atoms with Crippen LogP contribution in [0.5, 0.6) is 5.75 Å². The molecular formula is C22H32N4O4S. The van der Waals surface area contributed by atoms with Gasteiger partial charge in [-0.05, 0) is 43.0 Å². The van der Waals surface area contributed by atoms with Gasteiger partial charge >= 0.3 is 0 Å². The van der Waals surface area contributed by atoms with Crippen LogP contribution in [-0.4, -0.2) is 80.9 Å². The second kappa shape index (κ2) is 9.98. The second-order valence-electron chi connectivity index (χ2n) is 8.56. The van der Waals surface area contributed by atoms with Crippen molar-refractivity contribution in [1.82, 2.24) is 14.1 Å². The summed E-state index contributed by atoms with van der Waals surface area (Å²) in [4.78, 5) is 17.3. The molecule has 1 aromatic rings. The molecule has 2 fully saturated rings. The summed E-state index contributed by atoms with van der Waals surface area (Å²) in [6.45, 7) is 7.18. The molecular weight excluding hydrogens is 416 g/mol. The van der Waals surface area contributed by atoms with Gasteiger partial charge in [-0.15, -0.1) is 0 Å². The molecule has 0 saturated carbocycles. The molecule has 0 spiro atoms. The lowest BCUT2D eigenvalue weighted by atomic mass is 9.97. The first-order valence-corrected chi connectivity index (χ1v) is 12.3. The minimum absolute atomic E-state index is 0.0207. The molecule has 2 aliphatic rings. The molecule has 0 aliphatic carbocycles. The predicted molar refractivity (Wildman–Crippen MR) is 117 cm³/mol. The molecule has 2 saturated heterocycles. The molecule has 170 valence electrons. The number of benzene rings is 1. The monoisotopic (exact) mass is 448 g/mol. The van der Waals surface area contributed by atoms with Crippen LogP contribution < -0.4 is 4.74 Å². The molecule has 0 radical (unpaired) electrons. The Balaban J connectivity index is 1.62. The maximum atomic E-state index is 13.1. The van der Waals surface area contributed by atoms with Crippen molar-refractivity contribution in [3.63, 3.8) is 0 Å². The number of carbonyl (C=O) groups excluding carboxylic acids is 1. The molecule has 2 heterocycles. The minimum Gasteiger partial charge on any atom is -0.497 e. The van der Waals surface area contributed by atoms with Crippen molar-refractivity contribution in [3.8, 4) is 11.8 Å². The summed E-state index contributed by atoms with van der Waals surface area (Å²) in [6.07, 6.45) is 1.36. The van der Waals surface area contributed by atoms with Crippen LogP contribution >= 0.6 is 0 Å². The molecule has 1 amide bonds. The van der Waals surface area contributed by atoms with E-state index in [1.54, 1.807) is 24.3 Å². The zero-order valence-corrected chi connectivity index (χ0v) is 19.3. The Kier molecular flexibility index (Phi) is 7.57. The first kappa shape index (κ1) is 23.5. The number of hydrogen-bond donors (Lipinski definition) is 0. The number of ether oxygens (including phenoxy) is 1. The molecule has 31 heavy (non-hydrogen) atoms. The third kappa shape index (κ3) is 5.20. The molecule has 9 heteroatoms. The lowest BCUT2D eigenvalue weighted by molar-refractivity contribution is -0.138. The van der Waals surface area contributed by atoms with Gasteiger partial charge < -0.3 is 9.64 Å². The summed E-state index contributed by atoms with van der Waals surface area (Å²) in [5, 5.41) is 9.41. The molecule has 0 aromatic heterocycles. The first-order valence-electron chi connectivity index (χ1n) is 10.8. The van der Waals surface area contributed by atoms with Crippen LogP contribution in [0.25, 0.3) is 0 Å². The third-order valence-corrected chi connectivity index (χ3v) is 8.09. The smallest absolute Gasteiger partial charge is 0.243 e. The van der Waals surface area contributed by atoms with Crippen LogP contribution in [0.3, 0.4) is 0 Å². The number of carbonyl (C=O) groups is 1. The first-order chi connectivity index (χ1) is 14.8. The van der Waals surface area contributed by atoms with E-state index < -0.39 is 10.0 Å². The normalized spacial score (nSPS) is 22.2. The number of nitrogens with zero attached hydrogens (tertiary/aromatic N) is 4.